The van der Waals surface area contributed by atoms with E-state index in [9.17, 15) is 0 Å². The second-order valence-corrected chi connectivity index (χ2v) is 5.12. The van der Waals surface area contributed by atoms with Crippen molar-refractivity contribution in [1.29, 1.82) is 0 Å². The molecule has 0 aromatic heterocycles. The molecule has 0 saturated heterocycles. The van der Waals surface area contributed by atoms with Crippen LogP contribution in [0.3, 0.4) is 0 Å². The molecular weight excluding hydrogens is 216 g/mol. The molecule has 3 heteroatoms. The smallest absolute Gasteiger partial charge is 0.0412 e. The summed E-state index contributed by atoms with van der Waals surface area (Å²) in [4.78, 5) is 2.52. The number of nitrogens with one attached hydrogen (secondary N) is 1. The average molecular weight is 236 g/mol. The molecule has 1 heterocycles. The molecule has 1 aliphatic heterocycles. The minimum absolute atomic E-state index is 1.01. The summed E-state index contributed by atoms with van der Waals surface area (Å²) in [6, 6.07) is 8.76. The quantitative estimate of drug-likeness (QED) is 0.808. The zero-order chi connectivity index (χ0) is 11.2. The fourth-order valence-corrected chi connectivity index (χ4v) is 2.58. The summed E-state index contributed by atoms with van der Waals surface area (Å²) in [5.74, 6) is 1.26. The molecule has 0 atom stereocenters. The Bertz CT molecular complexity index is 327. The molecule has 0 bridgehead atoms. The van der Waals surface area contributed by atoms with Crippen LogP contribution in [-0.2, 0) is 6.54 Å². The van der Waals surface area contributed by atoms with Crippen LogP contribution in [-0.4, -0.2) is 31.6 Å². The Balaban J connectivity index is 2.06. The van der Waals surface area contributed by atoms with Crippen LogP contribution in [0.25, 0.3) is 0 Å². The minimum Gasteiger partial charge on any atom is -0.370 e. The first-order valence-electron chi connectivity index (χ1n) is 5.94. The van der Waals surface area contributed by atoms with E-state index in [2.05, 4.69) is 40.7 Å². The van der Waals surface area contributed by atoms with Gasteiger partial charge in [0.15, 0.2) is 0 Å². The lowest BCUT2D eigenvalue weighted by Gasteiger charge is -2.24. The summed E-state index contributed by atoms with van der Waals surface area (Å²) in [7, 11) is 0. The van der Waals surface area contributed by atoms with Crippen molar-refractivity contribution in [3.63, 3.8) is 0 Å². The molecule has 1 N–H and O–H groups in total. The van der Waals surface area contributed by atoms with E-state index in [0.717, 1.165) is 19.6 Å². The Morgan fingerprint density at radius 3 is 3.12 bits per heavy atom. The van der Waals surface area contributed by atoms with E-state index in [1.54, 1.807) is 0 Å². The van der Waals surface area contributed by atoms with Gasteiger partial charge in [-0.15, -0.1) is 0 Å². The summed E-state index contributed by atoms with van der Waals surface area (Å²) in [5, 5.41) is 3.48. The fraction of sp³-hybridized carbons (Fsp3) is 0.538. The third-order valence-electron chi connectivity index (χ3n) is 2.98. The maximum absolute atomic E-state index is 3.48. The van der Waals surface area contributed by atoms with Crippen molar-refractivity contribution in [3.8, 4) is 0 Å². The number of nitrogens with zero attached hydrogens (tertiary/aromatic N) is 1. The van der Waals surface area contributed by atoms with Crippen LogP contribution in [0.5, 0.6) is 0 Å². The van der Waals surface area contributed by atoms with Gasteiger partial charge in [0, 0.05) is 31.9 Å². The van der Waals surface area contributed by atoms with Crippen molar-refractivity contribution in [1.82, 2.24) is 5.32 Å². The first-order chi connectivity index (χ1) is 7.92. The lowest BCUT2D eigenvalue weighted by molar-refractivity contribution is 0.684. The number of fused-ring (bicyclic) bond motifs is 1. The summed E-state index contributed by atoms with van der Waals surface area (Å²) >= 11 is 1.93. The van der Waals surface area contributed by atoms with Crippen LogP contribution in [0.15, 0.2) is 24.3 Å². The van der Waals surface area contributed by atoms with Crippen molar-refractivity contribution in [2.45, 2.75) is 13.0 Å². The standard InChI is InChI=1S/C13H20N2S/c1-16-10-4-8-15-9-7-14-11-12-5-2-3-6-13(12)15/h2-3,5-6,14H,4,7-11H2,1H3. The van der Waals surface area contributed by atoms with E-state index in [1.807, 2.05) is 11.8 Å². The minimum atomic E-state index is 1.01. The SMILES string of the molecule is CSCCCN1CCNCc2ccccc21. The topological polar surface area (TPSA) is 15.3 Å². The molecule has 1 aliphatic rings. The van der Waals surface area contributed by atoms with E-state index < -0.39 is 0 Å². The van der Waals surface area contributed by atoms with Gasteiger partial charge in [-0.3, -0.25) is 0 Å². The Morgan fingerprint density at radius 2 is 2.25 bits per heavy atom. The third-order valence-corrected chi connectivity index (χ3v) is 3.68. The highest BCUT2D eigenvalue weighted by molar-refractivity contribution is 7.98. The van der Waals surface area contributed by atoms with Gasteiger partial charge in [0.2, 0.25) is 0 Å². The van der Waals surface area contributed by atoms with Gasteiger partial charge in [-0.25, -0.2) is 0 Å². The zero-order valence-corrected chi connectivity index (χ0v) is 10.7. The monoisotopic (exact) mass is 236 g/mol. The van der Waals surface area contributed by atoms with Gasteiger partial charge in [-0.05, 0) is 30.1 Å². The fourth-order valence-electron chi connectivity index (χ4n) is 2.16. The Kier molecular flexibility index (Phi) is 4.55. The van der Waals surface area contributed by atoms with Crippen LogP contribution < -0.4 is 10.2 Å². The molecule has 0 spiro atoms. The molecule has 0 saturated carbocycles. The highest BCUT2D eigenvalue weighted by Gasteiger charge is 2.13. The Hall–Kier alpha value is -0.670. The van der Waals surface area contributed by atoms with Crippen LogP contribution in [0, 0.1) is 0 Å². The predicted octanol–water partition coefficient (Wildman–Crippen LogP) is 2.35. The summed E-state index contributed by atoms with van der Waals surface area (Å²) in [5.41, 5.74) is 2.86. The lowest BCUT2D eigenvalue weighted by Crippen LogP contribution is -2.29. The first-order valence-corrected chi connectivity index (χ1v) is 7.33. The van der Waals surface area contributed by atoms with E-state index in [4.69, 9.17) is 0 Å². The summed E-state index contributed by atoms with van der Waals surface area (Å²) in [6.45, 7) is 4.41. The first kappa shape index (κ1) is 11.8. The third kappa shape index (κ3) is 2.92. The maximum atomic E-state index is 3.48. The van der Waals surface area contributed by atoms with Crippen LogP contribution in [0.2, 0.25) is 0 Å². The zero-order valence-electron chi connectivity index (χ0n) is 9.91. The number of hydrogen-bond acceptors (Lipinski definition) is 3. The van der Waals surface area contributed by atoms with Gasteiger partial charge in [0.25, 0.3) is 0 Å². The van der Waals surface area contributed by atoms with Gasteiger partial charge < -0.3 is 10.2 Å². The molecule has 16 heavy (non-hydrogen) atoms. The van der Waals surface area contributed by atoms with Crippen molar-refractivity contribution in [2.24, 2.45) is 0 Å². The van der Waals surface area contributed by atoms with Crippen molar-refractivity contribution < 1.29 is 0 Å². The summed E-state index contributed by atoms with van der Waals surface area (Å²) in [6.07, 6.45) is 3.45. The molecule has 1 aromatic carbocycles. The Labute approximate surface area is 102 Å². The maximum Gasteiger partial charge on any atom is 0.0412 e. The number of hydrogen-bond donors (Lipinski definition) is 1. The second-order valence-electron chi connectivity index (χ2n) is 4.14. The van der Waals surface area contributed by atoms with Crippen molar-refractivity contribution >= 4 is 17.4 Å². The molecule has 0 amide bonds. The molecule has 88 valence electrons. The highest BCUT2D eigenvalue weighted by atomic mass is 32.2. The molecule has 2 rings (SSSR count). The predicted molar refractivity (Wildman–Crippen MR) is 73.4 cm³/mol. The molecule has 0 fully saturated rings. The van der Waals surface area contributed by atoms with E-state index in [0.29, 0.717) is 0 Å². The van der Waals surface area contributed by atoms with Gasteiger partial charge in [0.05, 0.1) is 0 Å². The molecular formula is C13H20N2S. The van der Waals surface area contributed by atoms with Gasteiger partial charge in [0.1, 0.15) is 0 Å². The number of benzene rings is 1. The lowest BCUT2D eigenvalue weighted by atomic mass is 10.1. The number of rotatable bonds is 4. The Morgan fingerprint density at radius 1 is 1.38 bits per heavy atom. The molecule has 2 nitrogen and oxygen atoms in total. The molecule has 0 aliphatic carbocycles. The highest BCUT2D eigenvalue weighted by Crippen LogP contribution is 2.22. The molecule has 0 unspecified atom stereocenters. The van der Waals surface area contributed by atoms with E-state index >= 15 is 0 Å². The van der Waals surface area contributed by atoms with E-state index in [-0.39, 0.29) is 0 Å². The van der Waals surface area contributed by atoms with Crippen LogP contribution in [0.4, 0.5) is 5.69 Å². The largest absolute Gasteiger partial charge is 0.370 e. The number of anilines is 1. The van der Waals surface area contributed by atoms with Crippen LogP contribution >= 0.6 is 11.8 Å². The molecule has 0 radical (unpaired) electrons. The van der Waals surface area contributed by atoms with Crippen molar-refractivity contribution in [2.75, 3.05) is 36.5 Å². The van der Waals surface area contributed by atoms with Gasteiger partial charge in [-0.1, -0.05) is 18.2 Å². The van der Waals surface area contributed by atoms with Crippen LogP contribution in [0.1, 0.15) is 12.0 Å². The second kappa shape index (κ2) is 6.16. The van der Waals surface area contributed by atoms with Crippen molar-refractivity contribution in [3.05, 3.63) is 29.8 Å². The van der Waals surface area contributed by atoms with E-state index in [1.165, 1.54) is 30.0 Å². The molecule has 1 aromatic rings. The normalized spacial score (nSPS) is 15.7. The summed E-state index contributed by atoms with van der Waals surface area (Å²) < 4.78 is 0. The average Bonchev–Trinajstić information content (AvgIpc) is 2.52. The number of thioether (sulfide) groups is 1. The number of para-hydroxylation sites is 1. The van der Waals surface area contributed by atoms with Gasteiger partial charge >= 0.3 is 0 Å². The van der Waals surface area contributed by atoms with Gasteiger partial charge in [-0.2, -0.15) is 11.8 Å².